The summed E-state index contributed by atoms with van der Waals surface area (Å²) >= 11 is 4.43. The maximum Gasteiger partial charge on any atom is 0.275 e. The van der Waals surface area contributed by atoms with E-state index in [0.29, 0.717) is 4.88 Å². The van der Waals surface area contributed by atoms with Crippen LogP contribution < -0.4 is 11.3 Å². The van der Waals surface area contributed by atoms with Crippen LogP contribution in [0, 0.1) is 6.92 Å². The van der Waals surface area contributed by atoms with E-state index in [1.165, 1.54) is 22.9 Å². The number of nitrogens with two attached hydrogens (primary N) is 1. The summed E-state index contributed by atoms with van der Waals surface area (Å²) in [5.74, 6) is 5.64. The summed E-state index contributed by atoms with van der Waals surface area (Å²) in [7, 11) is 0. The molecule has 0 saturated heterocycles. The lowest BCUT2D eigenvalue weighted by molar-refractivity contribution is 0.0957. The van der Waals surface area contributed by atoms with E-state index < -0.39 is 0 Å². The van der Waals surface area contributed by atoms with Crippen molar-refractivity contribution < 1.29 is 4.79 Å². The third-order valence-corrected chi connectivity index (χ3v) is 5.01. The van der Waals surface area contributed by atoms with Crippen molar-refractivity contribution in [3.63, 3.8) is 0 Å². The molecule has 0 atom stereocenters. The first-order valence-corrected chi connectivity index (χ1v) is 7.28. The number of aryl methyl sites for hydroxylation is 1. The molecule has 8 heteroatoms. The van der Waals surface area contributed by atoms with Gasteiger partial charge in [-0.15, -0.1) is 11.3 Å². The highest BCUT2D eigenvalue weighted by molar-refractivity contribution is 8.00. The van der Waals surface area contributed by atoms with Crippen molar-refractivity contribution in [3.8, 4) is 0 Å². The van der Waals surface area contributed by atoms with Gasteiger partial charge in [0.25, 0.3) is 5.91 Å². The Morgan fingerprint density at radius 2 is 2.47 bits per heavy atom. The van der Waals surface area contributed by atoms with Crippen LogP contribution in [0.1, 0.15) is 20.1 Å². The van der Waals surface area contributed by atoms with Gasteiger partial charge in [0.2, 0.25) is 0 Å². The van der Waals surface area contributed by atoms with Crippen LogP contribution in [0.5, 0.6) is 0 Å². The van der Waals surface area contributed by atoms with Crippen LogP contribution in [0.3, 0.4) is 0 Å². The van der Waals surface area contributed by atoms with Crippen molar-refractivity contribution in [2.75, 3.05) is 0 Å². The molecule has 2 rings (SSSR count). The van der Waals surface area contributed by atoms with Gasteiger partial charge in [-0.3, -0.25) is 10.2 Å². The zero-order valence-corrected chi connectivity index (χ0v) is 11.4. The number of hydrazine groups is 1. The first-order chi connectivity index (χ1) is 8.20. The normalized spacial score (nSPS) is 10.5. The second-order valence-electron chi connectivity index (χ2n) is 3.16. The SMILES string of the molecule is Cc1sc(C(=O)NN)cc1CSc1ncns1. The molecule has 0 saturated carbocycles. The van der Waals surface area contributed by atoms with Gasteiger partial charge in [0.15, 0.2) is 4.34 Å². The number of nitrogens with zero attached hydrogens (tertiary/aromatic N) is 2. The highest BCUT2D eigenvalue weighted by Gasteiger charge is 2.11. The fourth-order valence-electron chi connectivity index (χ4n) is 1.21. The Hall–Kier alpha value is -0.960. The van der Waals surface area contributed by atoms with Crippen LogP contribution >= 0.6 is 34.6 Å². The van der Waals surface area contributed by atoms with E-state index in [9.17, 15) is 4.79 Å². The molecule has 0 bridgehead atoms. The monoisotopic (exact) mass is 286 g/mol. The first-order valence-electron chi connectivity index (χ1n) is 4.70. The van der Waals surface area contributed by atoms with Crippen molar-refractivity contribution >= 4 is 40.5 Å². The molecule has 90 valence electrons. The molecule has 0 unspecified atom stereocenters. The maximum absolute atomic E-state index is 11.4. The molecular weight excluding hydrogens is 276 g/mol. The zero-order chi connectivity index (χ0) is 12.3. The molecule has 3 N–H and O–H groups in total. The molecule has 0 aliphatic heterocycles. The lowest BCUT2D eigenvalue weighted by Crippen LogP contribution is -2.29. The van der Waals surface area contributed by atoms with Crippen molar-refractivity contribution in [1.29, 1.82) is 0 Å². The molecule has 1 amide bonds. The van der Waals surface area contributed by atoms with E-state index in [1.807, 2.05) is 13.0 Å². The molecule has 0 fully saturated rings. The van der Waals surface area contributed by atoms with Gasteiger partial charge in [0.05, 0.1) is 4.88 Å². The molecule has 17 heavy (non-hydrogen) atoms. The third kappa shape index (κ3) is 3.03. The van der Waals surface area contributed by atoms with E-state index in [-0.39, 0.29) is 5.91 Å². The van der Waals surface area contributed by atoms with Crippen LogP contribution in [0.15, 0.2) is 16.7 Å². The van der Waals surface area contributed by atoms with Gasteiger partial charge >= 0.3 is 0 Å². The van der Waals surface area contributed by atoms with Crippen LogP contribution in [0.2, 0.25) is 0 Å². The fraction of sp³-hybridized carbons (Fsp3) is 0.222. The molecule has 2 aromatic rings. The Morgan fingerprint density at radius 3 is 3.12 bits per heavy atom. The smallest absolute Gasteiger partial charge is 0.275 e. The lowest BCUT2D eigenvalue weighted by Gasteiger charge is -1.95. The minimum Gasteiger partial charge on any atom is -0.289 e. The number of nitrogens with one attached hydrogen (secondary N) is 1. The predicted octanol–water partition coefficient (Wildman–Crippen LogP) is 1.80. The Balaban J connectivity index is 2.06. The van der Waals surface area contributed by atoms with Gasteiger partial charge in [-0.1, -0.05) is 11.8 Å². The first kappa shape index (κ1) is 12.5. The fourth-order valence-corrected chi connectivity index (χ4v) is 3.74. The molecule has 0 aliphatic rings. The Bertz CT molecular complexity index is 508. The predicted molar refractivity (Wildman–Crippen MR) is 70.2 cm³/mol. The number of aromatic nitrogens is 2. The van der Waals surface area contributed by atoms with Crippen molar-refractivity contribution in [3.05, 3.63) is 27.7 Å². The van der Waals surface area contributed by atoms with Gasteiger partial charge in [-0.25, -0.2) is 10.8 Å². The number of rotatable bonds is 4. The summed E-state index contributed by atoms with van der Waals surface area (Å²) < 4.78 is 4.87. The Kier molecular flexibility index (Phi) is 4.11. The molecule has 2 heterocycles. The van der Waals surface area contributed by atoms with Gasteiger partial charge in [0, 0.05) is 10.6 Å². The number of carbonyl (C=O) groups excluding carboxylic acids is 1. The summed E-state index contributed by atoms with van der Waals surface area (Å²) in [6, 6.07) is 1.87. The second kappa shape index (κ2) is 5.58. The molecule has 0 aliphatic carbocycles. The average Bonchev–Trinajstić information content (AvgIpc) is 2.95. The molecule has 0 aromatic carbocycles. The lowest BCUT2D eigenvalue weighted by atomic mass is 10.3. The number of carbonyl (C=O) groups is 1. The molecular formula is C9H10N4OS3. The summed E-state index contributed by atoms with van der Waals surface area (Å²) in [5, 5.41) is 0. The largest absolute Gasteiger partial charge is 0.289 e. The van der Waals surface area contributed by atoms with Crippen LogP contribution in [0.4, 0.5) is 0 Å². The molecule has 0 radical (unpaired) electrons. The van der Waals surface area contributed by atoms with E-state index >= 15 is 0 Å². The quantitative estimate of drug-likeness (QED) is 0.388. The second-order valence-corrected chi connectivity index (χ2v) is 6.42. The molecule has 0 spiro atoms. The average molecular weight is 286 g/mol. The van der Waals surface area contributed by atoms with Crippen molar-refractivity contribution in [2.24, 2.45) is 5.84 Å². The maximum atomic E-state index is 11.4. The van der Waals surface area contributed by atoms with Crippen molar-refractivity contribution in [1.82, 2.24) is 14.8 Å². The van der Waals surface area contributed by atoms with Crippen LogP contribution in [-0.4, -0.2) is 15.3 Å². The number of nitrogen functional groups attached to an aromatic ring is 1. The topological polar surface area (TPSA) is 80.9 Å². The van der Waals surface area contributed by atoms with E-state index in [2.05, 4.69) is 14.8 Å². The van der Waals surface area contributed by atoms with Crippen LogP contribution in [0.25, 0.3) is 0 Å². The number of thioether (sulfide) groups is 1. The molecule has 5 nitrogen and oxygen atoms in total. The highest BCUT2D eigenvalue weighted by Crippen LogP contribution is 2.29. The third-order valence-electron chi connectivity index (χ3n) is 2.07. The number of thiophene rings is 1. The highest BCUT2D eigenvalue weighted by atomic mass is 32.2. The van der Waals surface area contributed by atoms with Gasteiger partial charge in [-0.05, 0) is 30.1 Å². The Morgan fingerprint density at radius 1 is 1.65 bits per heavy atom. The number of hydrogen-bond acceptors (Lipinski definition) is 7. The van der Waals surface area contributed by atoms with Crippen LogP contribution in [-0.2, 0) is 5.75 Å². The van der Waals surface area contributed by atoms with Gasteiger partial charge < -0.3 is 0 Å². The van der Waals surface area contributed by atoms with Crippen molar-refractivity contribution in [2.45, 2.75) is 17.0 Å². The summed E-state index contributed by atoms with van der Waals surface area (Å²) in [6.07, 6.45) is 1.54. The summed E-state index contributed by atoms with van der Waals surface area (Å²) in [6.45, 7) is 1.99. The zero-order valence-electron chi connectivity index (χ0n) is 8.97. The molecule has 2 aromatic heterocycles. The Labute approximate surface area is 111 Å². The summed E-state index contributed by atoms with van der Waals surface area (Å²) in [5.41, 5.74) is 3.27. The van der Waals surface area contributed by atoms with Gasteiger partial charge in [-0.2, -0.15) is 4.37 Å². The minimum absolute atomic E-state index is 0.245. The summed E-state index contributed by atoms with van der Waals surface area (Å²) in [4.78, 5) is 17.2. The van der Waals surface area contributed by atoms with Gasteiger partial charge in [0.1, 0.15) is 6.33 Å². The number of hydrogen-bond donors (Lipinski definition) is 2. The standard InChI is InChI=1S/C9H10N4OS3/c1-5-6(2-7(16-5)8(14)13-10)3-15-9-11-4-12-17-9/h2,4H,3,10H2,1H3,(H,13,14). The van der Waals surface area contributed by atoms with E-state index in [0.717, 1.165) is 20.5 Å². The van der Waals surface area contributed by atoms with E-state index in [4.69, 9.17) is 5.84 Å². The minimum atomic E-state index is -0.245. The van der Waals surface area contributed by atoms with E-state index in [1.54, 1.807) is 18.1 Å². The number of amides is 1.